The number of benzene rings is 1. The molecule has 1 aromatic rings. The number of hydrogen-bond acceptors (Lipinski definition) is 1. The van der Waals surface area contributed by atoms with E-state index in [1.807, 2.05) is 13.1 Å². The van der Waals surface area contributed by atoms with Crippen LogP contribution in [0.2, 0.25) is 0 Å². The van der Waals surface area contributed by atoms with Crippen molar-refractivity contribution in [3.63, 3.8) is 0 Å². The molecule has 3 atom stereocenters. The van der Waals surface area contributed by atoms with Crippen LogP contribution in [0, 0.1) is 23.6 Å². The Morgan fingerprint density at radius 3 is 2.61 bits per heavy atom. The molecule has 0 radical (unpaired) electrons. The standard InChI is InChI=1S/C15H19BrFN/c1-18-15(12-6-10-5-11(10)7-12)4-9-2-13(16)8-14(17)3-9/h2-3,8,10-12,15,18H,4-7H2,1H3. The van der Waals surface area contributed by atoms with Gasteiger partial charge in [0.2, 0.25) is 0 Å². The number of hydrogen-bond donors (Lipinski definition) is 1. The van der Waals surface area contributed by atoms with Crippen LogP contribution in [-0.4, -0.2) is 13.1 Å². The molecule has 3 heteroatoms. The maximum Gasteiger partial charge on any atom is 0.124 e. The fourth-order valence-corrected chi connectivity index (χ4v) is 4.09. The van der Waals surface area contributed by atoms with Crippen LogP contribution in [0.3, 0.4) is 0 Å². The first-order valence-electron chi connectivity index (χ1n) is 6.78. The smallest absolute Gasteiger partial charge is 0.124 e. The van der Waals surface area contributed by atoms with E-state index in [2.05, 4.69) is 21.2 Å². The Balaban J connectivity index is 1.68. The van der Waals surface area contributed by atoms with Crippen LogP contribution in [0.1, 0.15) is 24.8 Å². The van der Waals surface area contributed by atoms with E-state index in [1.165, 1.54) is 25.3 Å². The van der Waals surface area contributed by atoms with E-state index >= 15 is 0 Å². The maximum absolute atomic E-state index is 13.4. The normalized spacial score (nSPS) is 31.2. The summed E-state index contributed by atoms with van der Waals surface area (Å²) in [5.41, 5.74) is 1.08. The first-order valence-corrected chi connectivity index (χ1v) is 7.57. The third kappa shape index (κ3) is 2.62. The van der Waals surface area contributed by atoms with Gasteiger partial charge in [0, 0.05) is 10.5 Å². The van der Waals surface area contributed by atoms with Crippen molar-refractivity contribution < 1.29 is 4.39 Å². The van der Waals surface area contributed by atoms with Crippen molar-refractivity contribution in [3.05, 3.63) is 34.1 Å². The zero-order valence-corrected chi connectivity index (χ0v) is 12.2. The molecule has 1 nitrogen and oxygen atoms in total. The molecule has 2 aliphatic rings. The van der Waals surface area contributed by atoms with Crippen molar-refractivity contribution in [3.8, 4) is 0 Å². The topological polar surface area (TPSA) is 12.0 Å². The van der Waals surface area contributed by atoms with Gasteiger partial charge < -0.3 is 5.32 Å². The highest BCUT2D eigenvalue weighted by Gasteiger charge is 2.47. The Morgan fingerprint density at radius 1 is 1.28 bits per heavy atom. The third-order valence-electron chi connectivity index (χ3n) is 4.60. The van der Waals surface area contributed by atoms with Gasteiger partial charge in [0.05, 0.1) is 0 Å². The van der Waals surface area contributed by atoms with Crippen LogP contribution in [0.5, 0.6) is 0 Å². The average molecular weight is 312 g/mol. The van der Waals surface area contributed by atoms with Gasteiger partial charge in [-0.25, -0.2) is 4.39 Å². The fourth-order valence-electron chi connectivity index (χ4n) is 3.58. The van der Waals surface area contributed by atoms with Gasteiger partial charge in [-0.05, 0) is 74.2 Å². The molecule has 2 saturated carbocycles. The summed E-state index contributed by atoms with van der Waals surface area (Å²) < 4.78 is 14.2. The molecule has 0 amide bonds. The molecule has 3 unspecified atom stereocenters. The third-order valence-corrected chi connectivity index (χ3v) is 5.06. The Hall–Kier alpha value is -0.410. The minimum Gasteiger partial charge on any atom is -0.316 e. The summed E-state index contributed by atoms with van der Waals surface area (Å²) in [6.07, 6.45) is 5.12. The highest BCUT2D eigenvalue weighted by molar-refractivity contribution is 9.10. The summed E-state index contributed by atoms with van der Waals surface area (Å²) in [5.74, 6) is 2.64. The van der Waals surface area contributed by atoms with Crippen LogP contribution in [0.25, 0.3) is 0 Å². The van der Waals surface area contributed by atoms with Gasteiger partial charge in [-0.15, -0.1) is 0 Å². The summed E-state index contributed by atoms with van der Waals surface area (Å²) in [6.45, 7) is 0. The number of halogens is 2. The minimum atomic E-state index is -0.150. The van der Waals surface area contributed by atoms with Crippen molar-refractivity contribution in [2.45, 2.75) is 31.7 Å². The predicted molar refractivity (Wildman–Crippen MR) is 75.0 cm³/mol. The molecule has 98 valence electrons. The lowest BCUT2D eigenvalue weighted by molar-refractivity contribution is 0.349. The second-order valence-electron chi connectivity index (χ2n) is 5.86. The number of rotatable bonds is 4. The molecule has 2 aliphatic carbocycles. The lowest BCUT2D eigenvalue weighted by atomic mass is 9.90. The highest BCUT2D eigenvalue weighted by Crippen LogP contribution is 2.55. The number of likely N-dealkylation sites (N-methyl/N-ethyl adjacent to an activating group) is 1. The fraction of sp³-hybridized carbons (Fsp3) is 0.600. The largest absolute Gasteiger partial charge is 0.316 e. The minimum absolute atomic E-state index is 0.150. The van der Waals surface area contributed by atoms with Gasteiger partial charge in [-0.2, -0.15) is 0 Å². The van der Waals surface area contributed by atoms with E-state index in [0.29, 0.717) is 6.04 Å². The Labute approximate surface area is 116 Å². The van der Waals surface area contributed by atoms with E-state index < -0.39 is 0 Å². The molecule has 0 spiro atoms. The van der Waals surface area contributed by atoms with Gasteiger partial charge in [0.1, 0.15) is 5.82 Å². The monoisotopic (exact) mass is 311 g/mol. The first kappa shape index (κ1) is 12.6. The highest BCUT2D eigenvalue weighted by atomic mass is 79.9. The van der Waals surface area contributed by atoms with E-state index in [1.54, 1.807) is 6.07 Å². The molecular weight excluding hydrogens is 293 g/mol. The summed E-state index contributed by atoms with van der Waals surface area (Å²) in [5, 5.41) is 3.43. The summed E-state index contributed by atoms with van der Waals surface area (Å²) in [4.78, 5) is 0. The zero-order chi connectivity index (χ0) is 12.7. The quantitative estimate of drug-likeness (QED) is 0.892. The molecule has 0 heterocycles. The van der Waals surface area contributed by atoms with E-state index in [0.717, 1.165) is 34.2 Å². The SMILES string of the molecule is CNC(Cc1cc(F)cc(Br)c1)C1CC2CC2C1. The molecule has 0 saturated heterocycles. The van der Waals surface area contributed by atoms with Crippen LogP contribution in [0.4, 0.5) is 4.39 Å². The summed E-state index contributed by atoms with van der Waals surface area (Å²) in [7, 11) is 2.03. The van der Waals surface area contributed by atoms with Gasteiger partial charge in [-0.1, -0.05) is 15.9 Å². The molecule has 2 fully saturated rings. The molecule has 1 N–H and O–H groups in total. The second-order valence-corrected chi connectivity index (χ2v) is 6.78. The predicted octanol–water partition coefficient (Wildman–Crippen LogP) is 3.76. The van der Waals surface area contributed by atoms with Gasteiger partial charge in [-0.3, -0.25) is 0 Å². The van der Waals surface area contributed by atoms with Gasteiger partial charge in [0.25, 0.3) is 0 Å². The van der Waals surface area contributed by atoms with Crippen molar-refractivity contribution in [1.82, 2.24) is 5.32 Å². The molecule has 0 aliphatic heterocycles. The van der Waals surface area contributed by atoms with Crippen LogP contribution in [-0.2, 0) is 6.42 Å². The molecule has 1 aromatic carbocycles. The van der Waals surface area contributed by atoms with Crippen molar-refractivity contribution in [1.29, 1.82) is 0 Å². The number of nitrogens with one attached hydrogen (secondary N) is 1. The van der Waals surface area contributed by atoms with E-state index in [-0.39, 0.29) is 5.82 Å². The molecule has 3 rings (SSSR count). The van der Waals surface area contributed by atoms with Gasteiger partial charge >= 0.3 is 0 Å². The Kier molecular flexibility index (Phi) is 3.46. The van der Waals surface area contributed by atoms with Crippen LogP contribution < -0.4 is 5.32 Å². The van der Waals surface area contributed by atoms with E-state index in [4.69, 9.17) is 0 Å². The van der Waals surface area contributed by atoms with E-state index in [9.17, 15) is 4.39 Å². The summed E-state index contributed by atoms with van der Waals surface area (Å²) >= 11 is 3.36. The molecule has 0 aromatic heterocycles. The first-order chi connectivity index (χ1) is 8.65. The van der Waals surface area contributed by atoms with Crippen molar-refractivity contribution in [2.75, 3.05) is 7.05 Å². The molecular formula is C15H19BrFN. The molecule has 0 bridgehead atoms. The lowest BCUT2D eigenvalue weighted by Crippen LogP contribution is -2.35. The van der Waals surface area contributed by atoms with Gasteiger partial charge in [0.15, 0.2) is 0 Å². The van der Waals surface area contributed by atoms with Crippen molar-refractivity contribution >= 4 is 15.9 Å². The van der Waals surface area contributed by atoms with Crippen LogP contribution in [0.15, 0.2) is 22.7 Å². The molecule has 18 heavy (non-hydrogen) atoms. The van der Waals surface area contributed by atoms with Crippen molar-refractivity contribution in [2.24, 2.45) is 17.8 Å². The Bertz CT molecular complexity index is 418. The Morgan fingerprint density at radius 2 is 2.00 bits per heavy atom. The lowest BCUT2D eigenvalue weighted by Gasteiger charge is -2.24. The maximum atomic E-state index is 13.4. The summed E-state index contributed by atoms with van der Waals surface area (Å²) in [6, 6.07) is 5.70. The zero-order valence-electron chi connectivity index (χ0n) is 10.6. The number of fused-ring (bicyclic) bond motifs is 1. The second kappa shape index (κ2) is 4.93. The van der Waals surface area contributed by atoms with Crippen LogP contribution >= 0.6 is 15.9 Å². The average Bonchev–Trinajstić information content (AvgIpc) is 2.92.